The number of nitrogens with one attached hydrogen (secondary N) is 1. The van der Waals surface area contributed by atoms with E-state index >= 15 is 0 Å². The number of carbonyl (C=O) groups is 1. The smallest absolute Gasteiger partial charge is 0.167 e. The van der Waals surface area contributed by atoms with Gasteiger partial charge in [0.2, 0.25) is 0 Å². The third kappa shape index (κ3) is 3.57. The molecule has 0 fully saturated rings. The van der Waals surface area contributed by atoms with Crippen molar-refractivity contribution in [1.29, 1.82) is 0 Å². The van der Waals surface area contributed by atoms with Crippen LogP contribution in [0, 0.1) is 25.7 Å². The molecule has 1 aromatic carbocycles. The van der Waals surface area contributed by atoms with Crippen LogP contribution in [0.5, 0.6) is 5.75 Å². The zero-order chi connectivity index (χ0) is 14.6. The molecule has 106 valence electrons. The molecule has 3 heteroatoms. The average Bonchev–Trinajstić information content (AvgIpc) is 2.34. The van der Waals surface area contributed by atoms with Crippen molar-refractivity contribution in [3.8, 4) is 5.75 Å². The first-order chi connectivity index (χ1) is 8.92. The van der Waals surface area contributed by atoms with Crippen LogP contribution in [0.2, 0.25) is 0 Å². The van der Waals surface area contributed by atoms with Crippen molar-refractivity contribution >= 4 is 5.78 Å². The SMILES string of the molecule is CNCC(C(=O)c1cc(C)c(OC)c(C)c1)C(C)C. The van der Waals surface area contributed by atoms with Gasteiger partial charge in [-0.25, -0.2) is 0 Å². The van der Waals surface area contributed by atoms with E-state index in [0.29, 0.717) is 12.5 Å². The molecule has 1 N–H and O–H groups in total. The molecule has 1 atom stereocenters. The molecule has 0 aliphatic heterocycles. The average molecular weight is 263 g/mol. The molecule has 0 saturated carbocycles. The second kappa shape index (κ2) is 6.71. The maximum absolute atomic E-state index is 12.6. The molecule has 1 rings (SSSR count). The Kier molecular flexibility index (Phi) is 5.55. The van der Waals surface area contributed by atoms with Crippen molar-refractivity contribution in [2.45, 2.75) is 27.7 Å². The summed E-state index contributed by atoms with van der Waals surface area (Å²) < 4.78 is 5.34. The summed E-state index contributed by atoms with van der Waals surface area (Å²) in [6.07, 6.45) is 0. The highest BCUT2D eigenvalue weighted by Crippen LogP contribution is 2.26. The number of hydrogen-bond acceptors (Lipinski definition) is 3. The lowest BCUT2D eigenvalue weighted by atomic mass is 9.87. The Morgan fingerprint density at radius 3 is 2.16 bits per heavy atom. The van der Waals surface area contributed by atoms with Crippen LogP contribution in [0.15, 0.2) is 12.1 Å². The lowest BCUT2D eigenvalue weighted by Gasteiger charge is -2.20. The van der Waals surface area contributed by atoms with E-state index in [2.05, 4.69) is 19.2 Å². The van der Waals surface area contributed by atoms with Crippen molar-refractivity contribution in [1.82, 2.24) is 5.32 Å². The third-order valence-corrected chi connectivity index (χ3v) is 3.51. The first-order valence-electron chi connectivity index (χ1n) is 6.76. The van der Waals surface area contributed by atoms with E-state index in [-0.39, 0.29) is 11.7 Å². The van der Waals surface area contributed by atoms with Crippen LogP contribution in [0.25, 0.3) is 0 Å². The maximum Gasteiger partial charge on any atom is 0.167 e. The van der Waals surface area contributed by atoms with Gasteiger partial charge in [-0.2, -0.15) is 0 Å². The summed E-state index contributed by atoms with van der Waals surface area (Å²) in [6, 6.07) is 3.86. The van der Waals surface area contributed by atoms with Crippen LogP contribution in [0.3, 0.4) is 0 Å². The quantitative estimate of drug-likeness (QED) is 0.802. The third-order valence-electron chi connectivity index (χ3n) is 3.51. The molecule has 0 aromatic heterocycles. The number of rotatable bonds is 6. The zero-order valence-corrected chi connectivity index (χ0v) is 12.8. The minimum absolute atomic E-state index is 0.0113. The number of methoxy groups -OCH3 is 1. The van der Waals surface area contributed by atoms with Crippen molar-refractivity contribution in [2.75, 3.05) is 20.7 Å². The van der Waals surface area contributed by atoms with E-state index in [0.717, 1.165) is 22.4 Å². The molecule has 1 aromatic rings. The first kappa shape index (κ1) is 15.7. The van der Waals surface area contributed by atoms with Crippen LogP contribution in [-0.4, -0.2) is 26.5 Å². The Morgan fingerprint density at radius 1 is 1.26 bits per heavy atom. The number of ketones is 1. The van der Waals surface area contributed by atoms with E-state index in [1.165, 1.54) is 0 Å². The second-order valence-electron chi connectivity index (χ2n) is 5.42. The van der Waals surface area contributed by atoms with Gasteiger partial charge in [-0.3, -0.25) is 4.79 Å². The normalized spacial score (nSPS) is 12.6. The molecule has 0 heterocycles. The van der Waals surface area contributed by atoms with Gasteiger partial charge < -0.3 is 10.1 Å². The minimum atomic E-state index is 0.0113. The van der Waals surface area contributed by atoms with Crippen LogP contribution in [0.1, 0.15) is 35.3 Å². The van der Waals surface area contributed by atoms with Crippen LogP contribution >= 0.6 is 0 Å². The highest BCUT2D eigenvalue weighted by atomic mass is 16.5. The summed E-state index contributed by atoms with van der Waals surface area (Å²) in [4.78, 5) is 12.6. The Hall–Kier alpha value is -1.35. The molecule has 0 aliphatic rings. The molecule has 19 heavy (non-hydrogen) atoms. The molecule has 0 bridgehead atoms. The molecular weight excluding hydrogens is 238 g/mol. The van der Waals surface area contributed by atoms with E-state index in [4.69, 9.17) is 4.74 Å². The summed E-state index contributed by atoms with van der Waals surface area (Å²) >= 11 is 0. The molecule has 1 unspecified atom stereocenters. The Balaban J connectivity index is 3.12. The lowest BCUT2D eigenvalue weighted by molar-refractivity contribution is 0.0886. The second-order valence-corrected chi connectivity index (χ2v) is 5.42. The maximum atomic E-state index is 12.6. The topological polar surface area (TPSA) is 38.3 Å². The molecule has 0 amide bonds. The van der Waals surface area contributed by atoms with Gasteiger partial charge in [-0.15, -0.1) is 0 Å². The van der Waals surface area contributed by atoms with E-state index in [9.17, 15) is 4.79 Å². The largest absolute Gasteiger partial charge is 0.496 e. The Labute approximate surface area is 116 Å². The van der Waals surface area contributed by atoms with Gasteiger partial charge in [0.25, 0.3) is 0 Å². The zero-order valence-electron chi connectivity index (χ0n) is 12.8. The molecule has 0 spiro atoms. The number of benzene rings is 1. The molecule has 0 aliphatic carbocycles. The Morgan fingerprint density at radius 2 is 1.79 bits per heavy atom. The van der Waals surface area contributed by atoms with E-state index in [1.54, 1.807) is 7.11 Å². The number of ether oxygens (including phenoxy) is 1. The number of Topliss-reactive ketones (excluding diaryl/α,β-unsaturated/α-hetero) is 1. The predicted molar refractivity (Wildman–Crippen MR) is 79.1 cm³/mol. The number of aryl methyl sites for hydroxylation is 2. The minimum Gasteiger partial charge on any atom is -0.496 e. The van der Waals surface area contributed by atoms with E-state index < -0.39 is 0 Å². The summed E-state index contributed by atoms with van der Waals surface area (Å²) in [5.74, 6) is 1.41. The van der Waals surface area contributed by atoms with Gasteiger partial charge in [0, 0.05) is 18.0 Å². The number of hydrogen-bond donors (Lipinski definition) is 1. The van der Waals surface area contributed by atoms with Crippen LogP contribution in [0.4, 0.5) is 0 Å². The lowest BCUT2D eigenvalue weighted by Crippen LogP contribution is -2.30. The number of carbonyl (C=O) groups excluding carboxylic acids is 1. The van der Waals surface area contributed by atoms with Gasteiger partial charge in [0.1, 0.15) is 5.75 Å². The van der Waals surface area contributed by atoms with Crippen molar-refractivity contribution < 1.29 is 9.53 Å². The van der Waals surface area contributed by atoms with Gasteiger partial charge in [-0.05, 0) is 50.1 Å². The first-order valence-corrected chi connectivity index (χ1v) is 6.76. The van der Waals surface area contributed by atoms with Crippen molar-refractivity contribution in [3.63, 3.8) is 0 Å². The summed E-state index contributed by atoms with van der Waals surface area (Å²) in [5, 5.41) is 3.11. The summed E-state index contributed by atoms with van der Waals surface area (Å²) in [5.41, 5.74) is 2.81. The van der Waals surface area contributed by atoms with Gasteiger partial charge in [0.05, 0.1) is 7.11 Å². The summed E-state index contributed by atoms with van der Waals surface area (Å²) in [7, 11) is 3.54. The fourth-order valence-corrected chi connectivity index (χ4v) is 2.48. The standard InChI is InChI=1S/C16H25NO2/c1-10(2)14(9-17-5)15(18)13-7-11(3)16(19-6)12(4)8-13/h7-8,10,14,17H,9H2,1-6H3. The molecule has 0 saturated heterocycles. The van der Waals surface area contributed by atoms with Gasteiger partial charge >= 0.3 is 0 Å². The van der Waals surface area contributed by atoms with Gasteiger partial charge in [-0.1, -0.05) is 13.8 Å². The van der Waals surface area contributed by atoms with Gasteiger partial charge in [0.15, 0.2) is 5.78 Å². The van der Waals surface area contributed by atoms with Crippen LogP contribution < -0.4 is 10.1 Å². The van der Waals surface area contributed by atoms with Crippen LogP contribution in [-0.2, 0) is 0 Å². The summed E-state index contributed by atoms with van der Waals surface area (Å²) in [6.45, 7) is 8.84. The highest BCUT2D eigenvalue weighted by Gasteiger charge is 2.23. The molecule has 0 radical (unpaired) electrons. The Bertz CT molecular complexity index is 429. The van der Waals surface area contributed by atoms with Crippen molar-refractivity contribution in [3.05, 3.63) is 28.8 Å². The predicted octanol–water partition coefficient (Wildman–Crippen LogP) is 2.99. The monoisotopic (exact) mass is 263 g/mol. The highest BCUT2D eigenvalue weighted by molar-refractivity contribution is 5.98. The van der Waals surface area contributed by atoms with Crippen molar-refractivity contribution in [2.24, 2.45) is 11.8 Å². The fourth-order valence-electron chi connectivity index (χ4n) is 2.48. The fraction of sp³-hybridized carbons (Fsp3) is 0.562. The molecule has 3 nitrogen and oxygen atoms in total. The molecular formula is C16H25NO2. The van der Waals surface area contributed by atoms with E-state index in [1.807, 2.05) is 33.0 Å².